The number of phenols is 1. The highest BCUT2D eigenvalue weighted by atomic mass is 32.2. The minimum absolute atomic E-state index is 0.356. The first-order chi connectivity index (χ1) is 8.24. The molecule has 4 heteroatoms. The summed E-state index contributed by atoms with van der Waals surface area (Å²) in [5.74, 6) is 1.45. The van der Waals surface area contributed by atoms with Gasteiger partial charge in [0.25, 0.3) is 0 Å². The molecule has 0 saturated carbocycles. The second kappa shape index (κ2) is 6.28. The maximum atomic E-state index is 9.36. The van der Waals surface area contributed by atoms with Crippen molar-refractivity contribution in [3.8, 4) is 5.75 Å². The third kappa shape index (κ3) is 4.22. The van der Waals surface area contributed by atoms with Gasteiger partial charge in [0.05, 0.1) is 0 Å². The molecular weight excluding hydrogens is 232 g/mol. The van der Waals surface area contributed by atoms with Crippen LogP contribution in [-0.4, -0.2) is 60.4 Å². The van der Waals surface area contributed by atoms with Gasteiger partial charge in [-0.1, -0.05) is 6.07 Å². The van der Waals surface area contributed by atoms with Crippen molar-refractivity contribution in [3.63, 3.8) is 0 Å². The van der Waals surface area contributed by atoms with E-state index in [1.165, 1.54) is 26.2 Å². The summed E-state index contributed by atoms with van der Waals surface area (Å²) < 4.78 is 0. The van der Waals surface area contributed by atoms with Crippen LogP contribution in [0.25, 0.3) is 0 Å². The van der Waals surface area contributed by atoms with E-state index in [1.54, 1.807) is 6.07 Å². The van der Waals surface area contributed by atoms with Crippen molar-refractivity contribution >= 4 is 11.8 Å². The summed E-state index contributed by atoms with van der Waals surface area (Å²) in [6, 6.07) is 7.49. The van der Waals surface area contributed by atoms with E-state index < -0.39 is 0 Å². The Morgan fingerprint density at radius 3 is 2.71 bits per heavy atom. The summed E-state index contributed by atoms with van der Waals surface area (Å²) in [7, 11) is 2.18. The number of thioether (sulfide) groups is 1. The predicted molar refractivity (Wildman–Crippen MR) is 72.8 cm³/mol. The highest BCUT2D eigenvalue weighted by Gasteiger charge is 2.12. The SMILES string of the molecule is CN1CCN(CCSc2cccc(O)c2)CC1. The van der Waals surface area contributed by atoms with Gasteiger partial charge in [-0.15, -0.1) is 11.8 Å². The molecule has 2 rings (SSSR count). The Hall–Kier alpha value is -0.710. The lowest BCUT2D eigenvalue weighted by atomic mass is 10.3. The zero-order valence-corrected chi connectivity index (χ0v) is 11.1. The minimum Gasteiger partial charge on any atom is -0.508 e. The summed E-state index contributed by atoms with van der Waals surface area (Å²) in [5.41, 5.74) is 0. The van der Waals surface area contributed by atoms with Gasteiger partial charge in [0.1, 0.15) is 5.75 Å². The molecule has 0 aromatic heterocycles. The smallest absolute Gasteiger partial charge is 0.116 e. The summed E-state index contributed by atoms with van der Waals surface area (Å²) in [6.45, 7) is 5.84. The summed E-state index contributed by atoms with van der Waals surface area (Å²) in [4.78, 5) is 6.04. The number of hydrogen-bond donors (Lipinski definition) is 1. The first-order valence-electron chi connectivity index (χ1n) is 6.07. The van der Waals surface area contributed by atoms with Crippen LogP contribution in [0.3, 0.4) is 0 Å². The van der Waals surface area contributed by atoms with Crippen LogP contribution >= 0.6 is 11.8 Å². The first-order valence-corrected chi connectivity index (χ1v) is 7.05. The molecule has 3 nitrogen and oxygen atoms in total. The standard InChI is InChI=1S/C13H20N2OS/c1-14-5-7-15(8-6-14)9-10-17-13-4-2-3-12(16)11-13/h2-4,11,16H,5-10H2,1H3. The maximum absolute atomic E-state index is 9.36. The third-order valence-electron chi connectivity index (χ3n) is 3.09. The molecule has 0 spiro atoms. The fourth-order valence-corrected chi connectivity index (χ4v) is 2.90. The summed E-state index contributed by atoms with van der Waals surface area (Å²) in [6.07, 6.45) is 0. The van der Waals surface area contributed by atoms with Gasteiger partial charge < -0.3 is 10.0 Å². The Labute approximate surface area is 107 Å². The van der Waals surface area contributed by atoms with Gasteiger partial charge in [-0.2, -0.15) is 0 Å². The Morgan fingerprint density at radius 2 is 2.00 bits per heavy atom. The lowest BCUT2D eigenvalue weighted by Crippen LogP contribution is -2.45. The quantitative estimate of drug-likeness (QED) is 0.826. The molecule has 0 radical (unpaired) electrons. The number of likely N-dealkylation sites (N-methyl/N-ethyl adjacent to an activating group) is 1. The van der Waals surface area contributed by atoms with Gasteiger partial charge in [-0.05, 0) is 25.2 Å². The zero-order valence-electron chi connectivity index (χ0n) is 10.3. The molecule has 1 aliphatic rings. The Morgan fingerprint density at radius 1 is 1.24 bits per heavy atom. The molecule has 1 N–H and O–H groups in total. The van der Waals surface area contributed by atoms with E-state index in [2.05, 4.69) is 16.8 Å². The fraction of sp³-hybridized carbons (Fsp3) is 0.538. The molecule has 0 bridgehead atoms. The van der Waals surface area contributed by atoms with Crippen LogP contribution in [0.1, 0.15) is 0 Å². The van der Waals surface area contributed by atoms with Crippen molar-refractivity contribution in [1.82, 2.24) is 9.80 Å². The normalized spacial score (nSPS) is 18.4. The lowest BCUT2D eigenvalue weighted by molar-refractivity contribution is 0.161. The van der Waals surface area contributed by atoms with E-state index in [0.29, 0.717) is 5.75 Å². The number of nitrogens with zero attached hydrogens (tertiary/aromatic N) is 2. The van der Waals surface area contributed by atoms with Gasteiger partial charge in [-0.3, -0.25) is 4.90 Å². The number of rotatable bonds is 4. The first kappa shape index (κ1) is 12.7. The van der Waals surface area contributed by atoms with E-state index >= 15 is 0 Å². The van der Waals surface area contributed by atoms with Crippen molar-refractivity contribution in [2.75, 3.05) is 45.5 Å². The molecule has 1 saturated heterocycles. The van der Waals surface area contributed by atoms with E-state index in [0.717, 1.165) is 17.2 Å². The Kier molecular flexibility index (Phi) is 4.71. The van der Waals surface area contributed by atoms with Gasteiger partial charge in [0.2, 0.25) is 0 Å². The number of phenolic OH excluding ortho intramolecular Hbond substituents is 1. The predicted octanol–water partition coefficient (Wildman–Crippen LogP) is 1.73. The van der Waals surface area contributed by atoms with E-state index in [9.17, 15) is 5.11 Å². The largest absolute Gasteiger partial charge is 0.508 e. The molecule has 1 aromatic rings. The van der Waals surface area contributed by atoms with Gasteiger partial charge in [0, 0.05) is 43.4 Å². The van der Waals surface area contributed by atoms with Crippen LogP contribution in [-0.2, 0) is 0 Å². The molecule has 0 atom stereocenters. The Bertz CT molecular complexity index is 351. The molecule has 1 aliphatic heterocycles. The third-order valence-corrected chi connectivity index (χ3v) is 4.06. The molecule has 1 fully saturated rings. The Balaban J connectivity index is 1.69. The minimum atomic E-state index is 0.356. The summed E-state index contributed by atoms with van der Waals surface area (Å²) in [5, 5.41) is 9.36. The van der Waals surface area contributed by atoms with Crippen LogP contribution in [0, 0.1) is 0 Å². The second-order valence-corrected chi connectivity index (χ2v) is 5.66. The molecule has 0 unspecified atom stereocenters. The molecule has 94 valence electrons. The molecule has 0 aliphatic carbocycles. The molecule has 1 aromatic carbocycles. The lowest BCUT2D eigenvalue weighted by Gasteiger charge is -2.32. The maximum Gasteiger partial charge on any atom is 0.116 e. The fourth-order valence-electron chi connectivity index (χ4n) is 1.94. The highest BCUT2D eigenvalue weighted by Crippen LogP contribution is 2.22. The molecule has 17 heavy (non-hydrogen) atoms. The van der Waals surface area contributed by atoms with Crippen LogP contribution in [0.2, 0.25) is 0 Å². The topological polar surface area (TPSA) is 26.7 Å². The number of hydrogen-bond acceptors (Lipinski definition) is 4. The van der Waals surface area contributed by atoms with E-state index in [4.69, 9.17) is 0 Å². The van der Waals surface area contributed by atoms with Gasteiger partial charge >= 0.3 is 0 Å². The van der Waals surface area contributed by atoms with Crippen LogP contribution < -0.4 is 0 Å². The van der Waals surface area contributed by atoms with Gasteiger partial charge in [-0.25, -0.2) is 0 Å². The van der Waals surface area contributed by atoms with E-state index in [-0.39, 0.29) is 0 Å². The van der Waals surface area contributed by atoms with Crippen molar-refractivity contribution < 1.29 is 5.11 Å². The van der Waals surface area contributed by atoms with E-state index in [1.807, 2.05) is 30.0 Å². The van der Waals surface area contributed by atoms with Crippen LogP contribution in [0.4, 0.5) is 0 Å². The molecule has 0 amide bonds. The highest BCUT2D eigenvalue weighted by molar-refractivity contribution is 7.99. The molecular formula is C13H20N2OS. The van der Waals surface area contributed by atoms with Crippen LogP contribution in [0.5, 0.6) is 5.75 Å². The number of aromatic hydroxyl groups is 1. The van der Waals surface area contributed by atoms with Gasteiger partial charge in [0.15, 0.2) is 0 Å². The average molecular weight is 252 g/mol. The van der Waals surface area contributed by atoms with Crippen molar-refractivity contribution in [2.24, 2.45) is 0 Å². The summed E-state index contributed by atoms with van der Waals surface area (Å²) >= 11 is 1.81. The van der Waals surface area contributed by atoms with Crippen LogP contribution in [0.15, 0.2) is 29.2 Å². The van der Waals surface area contributed by atoms with Crippen molar-refractivity contribution in [2.45, 2.75) is 4.90 Å². The molecule has 1 heterocycles. The average Bonchev–Trinajstić information content (AvgIpc) is 2.32. The zero-order chi connectivity index (χ0) is 12.1. The number of benzene rings is 1. The van der Waals surface area contributed by atoms with Crippen molar-refractivity contribution in [3.05, 3.63) is 24.3 Å². The number of piperazine rings is 1. The van der Waals surface area contributed by atoms with Crippen molar-refractivity contribution in [1.29, 1.82) is 0 Å². The second-order valence-electron chi connectivity index (χ2n) is 4.49. The monoisotopic (exact) mass is 252 g/mol.